The summed E-state index contributed by atoms with van der Waals surface area (Å²) in [6.45, 7) is 2.81. The van der Waals surface area contributed by atoms with Crippen LogP contribution < -0.4 is 4.74 Å². The summed E-state index contributed by atoms with van der Waals surface area (Å²) in [6.07, 6.45) is 0.892. The van der Waals surface area contributed by atoms with Gasteiger partial charge < -0.3 is 14.7 Å². The van der Waals surface area contributed by atoms with Crippen LogP contribution in [0.1, 0.15) is 40.4 Å². The van der Waals surface area contributed by atoms with Crippen LogP contribution in [0.5, 0.6) is 5.75 Å². The number of hydrogen-bond acceptors (Lipinski definition) is 3. The fraction of sp³-hybridized carbons (Fsp3) is 0.231. The molecule has 0 aliphatic heterocycles. The Morgan fingerprint density at radius 1 is 0.938 bits per heavy atom. The first-order chi connectivity index (χ1) is 15.5. The molecule has 0 aromatic heterocycles. The molecule has 0 heterocycles. The predicted molar refractivity (Wildman–Crippen MR) is 120 cm³/mol. The number of aromatic carboxylic acids is 1. The van der Waals surface area contributed by atoms with Crippen LogP contribution in [0.4, 0.5) is 4.39 Å². The highest BCUT2D eigenvalue weighted by molar-refractivity contribution is 5.89. The van der Waals surface area contributed by atoms with Crippen LogP contribution in [0, 0.1) is 5.82 Å². The van der Waals surface area contributed by atoms with Gasteiger partial charge in [-0.25, -0.2) is 9.18 Å². The Bertz CT molecular complexity index is 1070. The molecule has 166 valence electrons. The monoisotopic (exact) mass is 435 g/mol. The molecule has 3 rings (SSSR count). The average Bonchev–Trinajstić information content (AvgIpc) is 2.81. The maximum Gasteiger partial charge on any atom is 0.336 e. The summed E-state index contributed by atoms with van der Waals surface area (Å²) < 4.78 is 19.6. The number of halogens is 1. The Kier molecular flexibility index (Phi) is 7.97. The largest absolute Gasteiger partial charge is 0.489 e. The maximum atomic E-state index is 13.9. The van der Waals surface area contributed by atoms with Gasteiger partial charge in [0.25, 0.3) is 0 Å². The normalized spacial score (nSPS) is 10.6. The van der Waals surface area contributed by atoms with Gasteiger partial charge in [0, 0.05) is 30.6 Å². The van der Waals surface area contributed by atoms with E-state index in [1.54, 1.807) is 59.5 Å². The molecule has 6 heteroatoms. The number of carbonyl (C=O) groups is 2. The molecular formula is C26H26FNO4. The Labute approximate surface area is 187 Å². The minimum Gasteiger partial charge on any atom is -0.489 e. The van der Waals surface area contributed by atoms with Crippen LogP contribution in [0.2, 0.25) is 0 Å². The molecule has 0 saturated carbocycles. The smallest absolute Gasteiger partial charge is 0.336 e. The van der Waals surface area contributed by atoms with E-state index >= 15 is 0 Å². The van der Waals surface area contributed by atoms with Crippen molar-refractivity contribution in [2.45, 2.75) is 32.9 Å². The van der Waals surface area contributed by atoms with Crippen LogP contribution in [-0.2, 0) is 24.4 Å². The molecule has 0 atom stereocenters. The van der Waals surface area contributed by atoms with Gasteiger partial charge in [-0.3, -0.25) is 4.79 Å². The maximum absolute atomic E-state index is 13.9. The van der Waals surface area contributed by atoms with Crippen molar-refractivity contribution >= 4 is 11.9 Å². The second-order valence-corrected chi connectivity index (χ2v) is 7.39. The molecule has 5 nitrogen and oxygen atoms in total. The molecule has 3 aromatic rings. The minimum atomic E-state index is -0.986. The molecule has 0 spiro atoms. The lowest BCUT2D eigenvalue weighted by Gasteiger charge is -2.21. The summed E-state index contributed by atoms with van der Waals surface area (Å²) in [7, 11) is 0. The molecule has 0 aliphatic carbocycles. The number of hydrogen-bond donors (Lipinski definition) is 1. The zero-order valence-corrected chi connectivity index (χ0v) is 18.0. The first-order valence-corrected chi connectivity index (χ1v) is 10.5. The van der Waals surface area contributed by atoms with E-state index < -0.39 is 5.97 Å². The summed E-state index contributed by atoms with van der Waals surface area (Å²) in [5.74, 6) is -0.697. The summed E-state index contributed by atoms with van der Waals surface area (Å²) in [6, 6.07) is 20.6. The number of ether oxygens (including phenoxy) is 1. The van der Waals surface area contributed by atoms with Crippen LogP contribution in [0.3, 0.4) is 0 Å². The molecular weight excluding hydrogens is 409 g/mol. The molecule has 0 bridgehead atoms. The lowest BCUT2D eigenvalue weighted by Crippen LogP contribution is -2.30. The highest BCUT2D eigenvalue weighted by Gasteiger charge is 2.14. The molecule has 1 N–H and O–H groups in total. The Balaban J connectivity index is 1.52. The highest BCUT2D eigenvalue weighted by Crippen LogP contribution is 2.18. The molecule has 0 saturated heterocycles. The zero-order valence-electron chi connectivity index (χ0n) is 18.0. The van der Waals surface area contributed by atoms with E-state index in [0.29, 0.717) is 36.3 Å². The van der Waals surface area contributed by atoms with Crippen LogP contribution in [-0.4, -0.2) is 28.4 Å². The Hall–Kier alpha value is -3.67. The summed E-state index contributed by atoms with van der Waals surface area (Å²) in [5, 5.41) is 9.25. The standard InChI is InChI=1S/C26H26FNO4/c1-2-28(17-20-7-4-6-10-24(20)27)25(29)16-13-19-11-14-22(15-12-19)32-18-21-8-3-5-9-23(21)26(30)31/h3-12,14-15H,2,13,16-18H2,1H3,(H,30,31). The average molecular weight is 435 g/mol. The van der Waals surface area contributed by atoms with Crippen LogP contribution in [0.25, 0.3) is 0 Å². The molecule has 0 radical (unpaired) electrons. The van der Waals surface area contributed by atoms with Crippen molar-refractivity contribution in [3.63, 3.8) is 0 Å². The fourth-order valence-corrected chi connectivity index (χ4v) is 3.39. The van der Waals surface area contributed by atoms with E-state index in [1.807, 2.05) is 19.1 Å². The van der Waals surface area contributed by atoms with Crippen LogP contribution >= 0.6 is 0 Å². The van der Waals surface area contributed by atoms with Crippen molar-refractivity contribution in [2.75, 3.05) is 6.54 Å². The Morgan fingerprint density at radius 3 is 2.25 bits per heavy atom. The van der Waals surface area contributed by atoms with Crippen molar-refractivity contribution in [3.8, 4) is 5.75 Å². The van der Waals surface area contributed by atoms with Crippen molar-refractivity contribution in [1.82, 2.24) is 4.90 Å². The first-order valence-electron chi connectivity index (χ1n) is 10.5. The third-order valence-electron chi connectivity index (χ3n) is 5.25. The first kappa shape index (κ1) is 23.0. The van der Waals surface area contributed by atoms with Gasteiger partial charge in [-0.2, -0.15) is 0 Å². The van der Waals surface area contributed by atoms with Gasteiger partial charge in [0.2, 0.25) is 5.91 Å². The number of carbonyl (C=O) groups excluding carboxylic acids is 1. The van der Waals surface area contributed by atoms with Gasteiger partial charge in [-0.1, -0.05) is 48.5 Å². The van der Waals surface area contributed by atoms with E-state index in [9.17, 15) is 19.1 Å². The lowest BCUT2D eigenvalue weighted by molar-refractivity contribution is -0.131. The molecule has 1 amide bonds. The summed E-state index contributed by atoms with van der Waals surface area (Å²) in [4.78, 5) is 25.5. The molecule has 0 unspecified atom stereocenters. The number of amides is 1. The third kappa shape index (κ3) is 6.17. The van der Waals surface area contributed by atoms with E-state index in [0.717, 1.165) is 5.56 Å². The number of carboxylic acid groups (broad SMARTS) is 1. The number of aryl methyl sites for hydroxylation is 1. The quantitative estimate of drug-likeness (QED) is 0.482. The number of rotatable bonds is 10. The van der Waals surface area contributed by atoms with E-state index in [2.05, 4.69) is 0 Å². The second kappa shape index (κ2) is 11.1. The van der Waals surface area contributed by atoms with Gasteiger partial charge in [0.15, 0.2) is 0 Å². The second-order valence-electron chi connectivity index (χ2n) is 7.39. The highest BCUT2D eigenvalue weighted by atomic mass is 19.1. The number of nitrogens with zero attached hydrogens (tertiary/aromatic N) is 1. The molecule has 0 fully saturated rings. The van der Waals surface area contributed by atoms with Gasteiger partial charge in [-0.15, -0.1) is 0 Å². The van der Waals surface area contributed by atoms with E-state index in [-0.39, 0.29) is 30.4 Å². The van der Waals surface area contributed by atoms with Gasteiger partial charge in [0.05, 0.1) is 5.56 Å². The van der Waals surface area contributed by atoms with Gasteiger partial charge in [-0.05, 0) is 43.2 Å². The topological polar surface area (TPSA) is 66.8 Å². The number of benzene rings is 3. The van der Waals surface area contributed by atoms with Crippen molar-refractivity contribution in [3.05, 3.63) is 101 Å². The van der Waals surface area contributed by atoms with Gasteiger partial charge >= 0.3 is 5.97 Å². The summed E-state index contributed by atoms with van der Waals surface area (Å²) in [5.41, 5.74) is 2.31. The molecule has 32 heavy (non-hydrogen) atoms. The molecule has 0 aliphatic rings. The third-order valence-corrected chi connectivity index (χ3v) is 5.25. The summed E-state index contributed by atoms with van der Waals surface area (Å²) >= 11 is 0. The number of carboxylic acids is 1. The predicted octanol–water partition coefficient (Wildman–Crippen LogP) is 5.08. The minimum absolute atomic E-state index is 0.0265. The zero-order chi connectivity index (χ0) is 22.9. The van der Waals surface area contributed by atoms with Crippen LogP contribution in [0.15, 0.2) is 72.8 Å². The lowest BCUT2D eigenvalue weighted by atomic mass is 10.1. The van der Waals surface area contributed by atoms with Crippen molar-refractivity contribution in [2.24, 2.45) is 0 Å². The van der Waals surface area contributed by atoms with E-state index in [4.69, 9.17) is 4.74 Å². The van der Waals surface area contributed by atoms with E-state index in [1.165, 1.54) is 6.07 Å². The fourth-order valence-electron chi connectivity index (χ4n) is 3.39. The van der Waals surface area contributed by atoms with Gasteiger partial charge in [0.1, 0.15) is 18.2 Å². The SMILES string of the molecule is CCN(Cc1ccccc1F)C(=O)CCc1ccc(OCc2ccccc2C(=O)O)cc1. The molecule has 3 aromatic carbocycles. The Morgan fingerprint density at radius 2 is 1.59 bits per heavy atom. The van der Waals surface area contributed by atoms with Crippen molar-refractivity contribution < 1.29 is 23.8 Å². The van der Waals surface area contributed by atoms with Crippen molar-refractivity contribution in [1.29, 1.82) is 0 Å².